The van der Waals surface area contributed by atoms with Gasteiger partial charge in [-0.1, -0.05) is 12.1 Å². The summed E-state index contributed by atoms with van der Waals surface area (Å²) in [5.74, 6) is 1.85. The average molecular weight is 346 g/mol. The molecule has 1 N–H and O–H groups in total. The van der Waals surface area contributed by atoms with Crippen LogP contribution >= 0.6 is 0 Å². The van der Waals surface area contributed by atoms with E-state index in [1.165, 1.54) is 0 Å². The fourth-order valence-electron chi connectivity index (χ4n) is 3.47. The highest BCUT2D eigenvalue weighted by atomic mass is 16.5. The van der Waals surface area contributed by atoms with Crippen molar-refractivity contribution in [3.8, 4) is 17.2 Å². The van der Waals surface area contributed by atoms with Gasteiger partial charge in [-0.3, -0.25) is 4.90 Å². The molecule has 0 spiro atoms. The van der Waals surface area contributed by atoms with E-state index in [-0.39, 0.29) is 11.8 Å². The Kier molecular flexibility index (Phi) is 5.48. The van der Waals surface area contributed by atoms with Crippen molar-refractivity contribution in [3.63, 3.8) is 0 Å². The van der Waals surface area contributed by atoms with Crippen LogP contribution in [0.2, 0.25) is 0 Å². The Morgan fingerprint density at radius 2 is 1.96 bits per heavy atom. The van der Waals surface area contributed by atoms with E-state index in [1.807, 2.05) is 12.1 Å². The lowest BCUT2D eigenvalue weighted by Crippen LogP contribution is -2.23. The normalized spacial score (nSPS) is 17.8. The molecule has 1 aromatic heterocycles. The number of benzene rings is 1. The first-order chi connectivity index (χ1) is 12.2. The molecule has 0 saturated carbocycles. The molecule has 1 aromatic carbocycles. The van der Waals surface area contributed by atoms with Gasteiger partial charge in [0.05, 0.1) is 20.3 Å². The predicted octanol–water partition coefficient (Wildman–Crippen LogP) is 3.69. The molecule has 1 atom stereocenters. The van der Waals surface area contributed by atoms with Crippen LogP contribution in [-0.4, -0.2) is 35.9 Å². The highest BCUT2D eigenvalue weighted by Gasteiger charge is 2.29. The number of likely N-dealkylation sites (tertiary alicyclic amines) is 1. The number of nitrogens with zero attached hydrogens (tertiary/aromatic N) is 2. The third-order valence-corrected chi connectivity index (χ3v) is 4.70. The summed E-state index contributed by atoms with van der Waals surface area (Å²) in [6.45, 7) is 3.88. The van der Waals surface area contributed by atoms with Crippen LogP contribution < -0.4 is 9.47 Å². The van der Waals surface area contributed by atoms with Crippen LogP contribution in [0.5, 0.6) is 17.2 Å². The molecule has 0 aliphatic carbocycles. The van der Waals surface area contributed by atoms with Crippen molar-refractivity contribution >= 4 is 0 Å². The van der Waals surface area contributed by atoms with Gasteiger partial charge < -0.3 is 19.1 Å². The fraction of sp³-hybridized carbons (Fsp3) is 0.526. The molecular formula is C19H26N2O4. The van der Waals surface area contributed by atoms with Crippen molar-refractivity contribution in [1.29, 1.82) is 0 Å². The number of methoxy groups -OCH3 is 2. The van der Waals surface area contributed by atoms with Crippen molar-refractivity contribution in [2.24, 2.45) is 0 Å². The first kappa shape index (κ1) is 17.6. The smallest absolute Gasteiger partial charge is 0.200 e. The van der Waals surface area contributed by atoms with E-state index < -0.39 is 0 Å². The maximum absolute atomic E-state index is 10.1. The molecule has 0 unspecified atom stereocenters. The molecule has 6 heteroatoms. The van der Waals surface area contributed by atoms with Crippen LogP contribution in [0.1, 0.15) is 49.2 Å². The van der Waals surface area contributed by atoms with Crippen molar-refractivity contribution in [3.05, 3.63) is 35.2 Å². The SMILES string of the molecule is CCCc1cc([C@@H]2CCCN2Cc2cc(OC)c(O)c(OC)c2)no1. The monoisotopic (exact) mass is 346 g/mol. The summed E-state index contributed by atoms with van der Waals surface area (Å²) in [7, 11) is 3.09. The van der Waals surface area contributed by atoms with Crippen molar-refractivity contribution in [2.45, 2.75) is 45.2 Å². The zero-order valence-electron chi connectivity index (χ0n) is 15.1. The quantitative estimate of drug-likeness (QED) is 0.825. The summed E-state index contributed by atoms with van der Waals surface area (Å²) in [5.41, 5.74) is 2.05. The van der Waals surface area contributed by atoms with E-state index >= 15 is 0 Å². The molecule has 2 heterocycles. The van der Waals surface area contributed by atoms with Gasteiger partial charge >= 0.3 is 0 Å². The van der Waals surface area contributed by atoms with Gasteiger partial charge in [0.2, 0.25) is 5.75 Å². The summed E-state index contributed by atoms with van der Waals surface area (Å²) >= 11 is 0. The maximum atomic E-state index is 10.1. The highest BCUT2D eigenvalue weighted by molar-refractivity contribution is 5.52. The van der Waals surface area contributed by atoms with E-state index in [9.17, 15) is 5.11 Å². The first-order valence-electron chi connectivity index (χ1n) is 8.79. The van der Waals surface area contributed by atoms with Crippen LogP contribution in [-0.2, 0) is 13.0 Å². The molecule has 1 aliphatic heterocycles. The summed E-state index contributed by atoms with van der Waals surface area (Å²) < 4.78 is 16.0. The van der Waals surface area contributed by atoms with Gasteiger partial charge in [-0.15, -0.1) is 0 Å². The number of hydrogen-bond acceptors (Lipinski definition) is 6. The molecule has 3 rings (SSSR count). The summed E-state index contributed by atoms with van der Waals surface area (Å²) in [4.78, 5) is 2.39. The fourth-order valence-corrected chi connectivity index (χ4v) is 3.47. The van der Waals surface area contributed by atoms with Gasteiger partial charge in [-0.25, -0.2) is 0 Å². The lowest BCUT2D eigenvalue weighted by Gasteiger charge is -2.23. The Bertz CT molecular complexity index is 688. The molecule has 6 nitrogen and oxygen atoms in total. The lowest BCUT2D eigenvalue weighted by atomic mass is 10.1. The predicted molar refractivity (Wildman–Crippen MR) is 94.1 cm³/mol. The van der Waals surface area contributed by atoms with Gasteiger partial charge in [-0.05, 0) is 43.5 Å². The number of hydrogen-bond donors (Lipinski definition) is 1. The molecule has 25 heavy (non-hydrogen) atoms. The zero-order valence-corrected chi connectivity index (χ0v) is 15.1. The minimum Gasteiger partial charge on any atom is -0.502 e. The van der Waals surface area contributed by atoms with E-state index in [2.05, 4.69) is 23.0 Å². The van der Waals surface area contributed by atoms with Crippen LogP contribution in [0, 0.1) is 0 Å². The number of aromatic nitrogens is 1. The van der Waals surface area contributed by atoms with E-state index in [4.69, 9.17) is 14.0 Å². The Morgan fingerprint density at radius 1 is 1.24 bits per heavy atom. The standard InChI is InChI=1S/C19H26N2O4/c1-4-6-14-11-15(20-25-14)16-7-5-8-21(16)12-13-9-17(23-2)19(22)18(10-13)24-3/h9-11,16,22H,4-8,12H2,1-3H3/t16-/m0/s1. The molecule has 0 bridgehead atoms. The van der Waals surface area contributed by atoms with Gasteiger partial charge in [0, 0.05) is 19.0 Å². The van der Waals surface area contributed by atoms with Crippen molar-refractivity contribution < 1.29 is 19.1 Å². The van der Waals surface area contributed by atoms with E-state index in [1.54, 1.807) is 14.2 Å². The number of phenolic OH excluding ortho intramolecular Hbond substituents is 1. The van der Waals surface area contributed by atoms with Crippen LogP contribution in [0.15, 0.2) is 22.7 Å². The van der Waals surface area contributed by atoms with Crippen molar-refractivity contribution in [2.75, 3.05) is 20.8 Å². The highest BCUT2D eigenvalue weighted by Crippen LogP contribution is 2.39. The largest absolute Gasteiger partial charge is 0.502 e. The lowest BCUT2D eigenvalue weighted by molar-refractivity contribution is 0.235. The second kappa shape index (κ2) is 7.78. The number of rotatable bonds is 7. The Morgan fingerprint density at radius 3 is 2.60 bits per heavy atom. The molecule has 1 aliphatic rings. The molecular weight excluding hydrogens is 320 g/mol. The van der Waals surface area contributed by atoms with E-state index in [0.717, 1.165) is 55.8 Å². The summed E-state index contributed by atoms with van der Waals surface area (Å²) in [5, 5.41) is 14.4. The number of ether oxygens (including phenoxy) is 2. The van der Waals surface area contributed by atoms with Gasteiger partial charge in [-0.2, -0.15) is 0 Å². The van der Waals surface area contributed by atoms with Crippen LogP contribution in [0.4, 0.5) is 0 Å². The number of aryl methyl sites for hydroxylation is 1. The van der Waals surface area contributed by atoms with Gasteiger partial charge in [0.1, 0.15) is 11.5 Å². The Labute approximate surface area is 148 Å². The Hall–Kier alpha value is -2.21. The topological polar surface area (TPSA) is 68.0 Å². The number of phenols is 1. The molecule has 0 amide bonds. The summed E-state index contributed by atoms with van der Waals surface area (Å²) in [6, 6.07) is 6.07. The third kappa shape index (κ3) is 3.74. The first-order valence-corrected chi connectivity index (χ1v) is 8.79. The van der Waals surface area contributed by atoms with Gasteiger partial charge in [0.15, 0.2) is 11.5 Å². The Balaban J connectivity index is 1.79. The van der Waals surface area contributed by atoms with Crippen LogP contribution in [0.3, 0.4) is 0 Å². The van der Waals surface area contributed by atoms with Gasteiger partial charge in [0.25, 0.3) is 0 Å². The maximum Gasteiger partial charge on any atom is 0.200 e. The minimum absolute atomic E-state index is 0.0347. The number of aromatic hydroxyl groups is 1. The zero-order chi connectivity index (χ0) is 17.8. The van der Waals surface area contributed by atoms with Crippen molar-refractivity contribution in [1.82, 2.24) is 10.1 Å². The molecule has 0 radical (unpaired) electrons. The second-order valence-electron chi connectivity index (χ2n) is 6.45. The summed E-state index contributed by atoms with van der Waals surface area (Å²) in [6.07, 6.45) is 4.18. The second-order valence-corrected chi connectivity index (χ2v) is 6.45. The molecule has 136 valence electrons. The van der Waals surface area contributed by atoms with Crippen LogP contribution in [0.25, 0.3) is 0 Å². The third-order valence-electron chi connectivity index (χ3n) is 4.70. The molecule has 2 aromatic rings. The average Bonchev–Trinajstić information content (AvgIpc) is 3.25. The molecule has 1 fully saturated rings. The molecule has 1 saturated heterocycles. The minimum atomic E-state index is 0.0347. The van der Waals surface area contributed by atoms with E-state index in [0.29, 0.717) is 11.5 Å².